The summed E-state index contributed by atoms with van der Waals surface area (Å²) in [7, 11) is 0. The molecule has 0 aliphatic heterocycles. The van der Waals surface area contributed by atoms with E-state index in [1.165, 1.54) is 23.5 Å². The lowest BCUT2D eigenvalue weighted by Gasteiger charge is -2.05. The lowest BCUT2D eigenvalue weighted by atomic mass is 10.2. The van der Waals surface area contributed by atoms with Crippen LogP contribution in [0.15, 0.2) is 51.9 Å². The molecule has 7 nitrogen and oxygen atoms in total. The highest BCUT2D eigenvalue weighted by molar-refractivity contribution is 9.10. The van der Waals surface area contributed by atoms with E-state index in [1.807, 2.05) is 13.0 Å². The third kappa shape index (κ3) is 4.49. The van der Waals surface area contributed by atoms with E-state index in [0.717, 1.165) is 9.17 Å². The molecular formula is C18H16BrN3O4S. The Bertz CT molecular complexity index is 1070. The Hall–Kier alpha value is -2.36. The minimum absolute atomic E-state index is 0.00433. The number of nitro groups is 1. The van der Waals surface area contributed by atoms with Gasteiger partial charge in [-0.2, -0.15) is 4.99 Å². The number of aromatic nitrogens is 1. The van der Waals surface area contributed by atoms with Crippen LogP contribution in [0.1, 0.15) is 17.3 Å². The Morgan fingerprint density at radius 3 is 2.85 bits per heavy atom. The van der Waals surface area contributed by atoms with Crippen LogP contribution < -0.4 is 4.80 Å². The number of ether oxygens (including phenoxy) is 1. The summed E-state index contributed by atoms with van der Waals surface area (Å²) in [5, 5.41) is 11.1. The van der Waals surface area contributed by atoms with Crippen molar-refractivity contribution >= 4 is 49.1 Å². The largest absolute Gasteiger partial charge is 0.380 e. The smallest absolute Gasteiger partial charge is 0.279 e. The molecule has 0 aliphatic rings. The highest BCUT2D eigenvalue weighted by Gasteiger charge is 2.13. The van der Waals surface area contributed by atoms with Crippen molar-refractivity contribution in [2.45, 2.75) is 13.5 Å². The van der Waals surface area contributed by atoms with Gasteiger partial charge in [0.2, 0.25) is 0 Å². The highest BCUT2D eigenvalue weighted by atomic mass is 79.9. The molecule has 3 rings (SSSR count). The molecule has 0 atom stereocenters. The maximum absolute atomic E-state index is 12.6. The predicted molar refractivity (Wildman–Crippen MR) is 107 cm³/mol. The zero-order valence-corrected chi connectivity index (χ0v) is 16.8. The zero-order valence-electron chi connectivity index (χ0n) is 14.4. The monoisotopic (exact) mass is 449 g/mol. The number of carbonyl (C=O) groups excluding carboxylic acids is 1. The molecule has 140 valence electrons. The maximum atomic E-state index is 12.6. The van der Waals surface area contributed by atoms with Crippen molar-refractivity contribution in [1.82, 2.24) is 4.57 Å². The van der Waals surface area contributed by atoms with Gasteiger partial charge in [-0.3, -0.25) is 14.9 Å². The molecule has 0 aliphatic carbocycles. The van der Waals surface area contributed by atoms with Crippen LogP contribution in [-0.4, -0.2) is 28.6 Å². The summed E-state index contributed by atoms with van der Waals surface area (Å²) in [5.74, 6) is -0.373. The summed E-state index contributed by atoms with van der Waals surface area (Å²) in [4.78, 5) is 28.0. The molecule has 0 bridgehead atoms. The third-order valence-electron chi connectivity index (χ3n) is 3.81. The number of thiazole rings is 1. The number of carbonyl (C=O) groups is 1. The minimum Gasteiger partial charge on any atom is -0.380 e. The number of halogens is 1. The van der Waals surface area contributed by atoms with Crippen LogP contribution >= 0.6 is 27.3 Å². The lowest BCUT2D eigenvalue weighted by Crippen LogP contribution is -2.19. The van der Waals surface area contributed by atoms with Crippen molar-refractivity contribution in [3.05, 3.63) is 67.4 Å². The molecule has 2 aromatic carbocycles. The summed E-state index contributed by atoms with van der Waals surface area (Å²) < 4.78 is 8.81. The summed E-state index contributed by atoms with van der Waals surface area (Å²) in [6, 6.07) is 11.6. The SMILES string of the molecule is CCOCCn1c(=NC(=O)c2cccc(Br)c2)sc2ccc([N+](=O)[O-])cc21. The fraction of sp³-hybridized carbons (Fsp3) is 0.222. The van der Waals surface area contributed by atoms with Gasteiger partial charge >= 0.3 is 0 Å². The molecule has 0 saturated carbocycles. The number of non-ortho nitro benzene ring substituents is 1. The zero-order chi connectivity index (χ0) is 19.4. The molecular weight excluding hydrogens is 434 g/mol. The summed E-state index contributed by atoms with van der Waals surface area (Å²) in [6.45, 7) is 3.32. The first kappa shape index (κ1) is 19.4. The summed E-state index contributed by atoms with van der Waals surface area (Å²) >= 11 is 4.66. The van der Waals surface area contributed by atoms with Gasteiger partial charge in [0, 0.05) is 35.3 Å². The second-order valence-corrected chi connectivity index (χ2v) is 7.49. The minimum atomic E-state index is -0.437. The third-order valence-corrected chi connectivity index (χ3v) is 5.36. The van der Waals surface area contributed by atoms with Gasteiger partial charge in [0.15, 0.2) is 4.80 Å². The Kier molecular flexibility index (Phi) is 6.15. The van der Waals surface area contributed by atoms with E-state index in [0.29, 0.717) is 35.6 Å². The van der Waals surface area contributed by atoms with E-state index < -0.39 is 4.92 Å². The van der Waals surface area contributed by atoms with E-state index in [2.05, 4.69) is 20.9 Å². The van der Waals surface area contributed by atoms with Crippen LogP contribution in [0.5, 0.6) is 0 Å². The summed E-state index contributed by atoms with van der Waals surface area (Å²) in [6.07, 6.45) is 0. The Morgan fingerprint density at radius 1 is 1.33 bits per heavy atom. The van der Waals surface area contributed by atoms with Crippen LogP contribution in [0.25, 0.3) is 10.2 Å². The molecule has 0 N–H and O–H groups in total. The van der Waals surface area contributed by atoms with Crippen molar-refractivity contribution in [3.8, 4) is 0 Å². The fourth-order valence-electron chi connectivity index (χ4n) is 2.55. The number of rotatable bonds is 6. The van der Waals surface area contributed by atoms with Crippen LogP contribution in [-0.2, 0) is 11.3 Å². The van der Waals surface area contributed by atoms with E-state index in [-0.39, 0.29) is 11.6 Å². The first-order valence-corrected chi connectivity index (χ1v) is 9.80. The van der Waals surface area contributed by atoms with Crippen molar-refractivity contribution in [2.75, 3.05) is 13.2 Å². The molecule has 1 amide bonds. The molecule has 0 spiro atoms. The first-order chi connectivity index (χ1) is 13.0. The fourth-order valence-corrected chi connectivity index (χ4v) is 3.98. The molecule has 0 unspecified atom stereocenters. The van der Waals surface area contributed by atoms with Gasteiger partial charge in [-0.25, -0.2) is 0 Å². The maximum Gasteiger partial charge on any atom is 0.279 e. The number of hydrogen-bond donors (Lipinski definition) is 0. The van der Waals surface area contributed by atoms with E-state index in [9.17, 15) is 14.9 Å². The lowest BCUT2D eigenvalue weighted by molar-refractivity contribution is -0.384. The normalized spacial score (nSPS) is 11.9. The van der Waals surface area contributed by atoms with Gasteiger partial charge in [0.05, 0.1) is 21.7 Å². The molecule has 1 aromatic heterocycles. The molecule has 0 saturated heterocycles. The highest BCUT2D eigenvalue weighted by Crippen LogP contribution is 2.23. The van der Waals surface area contributed by atoms with Crippen molar-refractivity contribution in [1.29, 1.82) is 0 Å². The molecule has 0 fully saturated rings. The van der Waals surface area contributed by atoms with Gasteiger partial charge in [-0.05, 0) is 31.2 Å². The van der Waals surface area contributed by atoms with Crippen molar-refractivity contribution in [2.24, 2.45) is 4.99 Å². The number of nitrogens with zero attached hydrogens (tertiary/aromatic N) is 3. The number of amides is 1. The quantitative estimate of drug-likeness (QED) is 0.321. The number of fused-ring (bicyclic) bond motifs is 1. The van der Waals surface area contributed by atoms with E-state index in [4.69, 9.17) is 4.74 Å². The molecule has 27 heavy (non-hydrogen) atoms. The second kappa shape index (κ2) is 8.55. The second-order valence-electron chi connectivity index (χ2n) is 5.57. The van der Waals surface area contributed by atoms with E-state index >= 15 is 0 Å². The Balaban J connectivity index is 2.11. The molecule has 0 radical (unpaired) electrons. The van der Waals surface area contributed by atoms with E-state index in [1.54, 1.807) is 28.8 Å². The summed E-state index contributed by atoms with van der Waals surface area (Å²) in [5.41, 5.74) is 1.12. The molecule has 9 heteroatoms. The van der Waals surface area contributed by atoms with Crippen LogP contribution in [0.4, 0.5) is 5.69 Å². The van der Waals surface area contributed by atoms with Crippen LogP contribution in [0.2, 0.25) is 0 Å². The van der Waals surface area contributed by atoms with Crippen molar-refractivity contribution < 1.29 is 14.5 Å². The average Bonchev–Trinajstić information content (AvgIpc) is 2.98. The van der Waals surface area contributed by atoms with Crippen LogP contribution in [0.3, 0.4) is 0 Å². The average molecular weight is 450 g/mol. The Morgan fingerprint density at radius 2 is 2.15 bits per heavy atom. The van der Waals surface area contributed by atoms with Gasteiger partial charge in [-0.15, -0.1) is 0 Å². The topological polar surface area (TPSA) is 86.7 Å². The number of benzene rings is 2. The van der Waals surface area contributed by atoms with Gasteiger partial charge < -0.3 is 9.30 Å². The number of nitro benzene ring substituents is 1. The Labute approximate surface area is 167 Å². The standard InChI is InChI=1S/C18H16BrN3O4S/c1-2-26-9-8-21-15-11-14(22(24)25)6-7-16(15)27-18(21)20-17(23)12-4-3-5-13(19)10-12/h3-7,10-11H,2,8-9H2,1H3. The number of hydrogen-bond acceptors (Lipinski definition) is 5. The van der Waals surface area contributed by atoms with Crippen molar-refractivity contribution in [3.63, 3.8) is 0 Å². The first-order valence-electron chi connectivity index (χ1n) is 8.19. The molecule has 1 heterocycles. The van der Waals surface area contributed by atoms with Gasteiger partial charge in [0.25, 0.3) is 11.6 Å². The van der Waals surface area contributed by atoms with Gasteiger partial charge in [0.1, 0.15) is 0 Å². The van der Waals surface area contributed by atoms with Crippen LogP contribution in [0, 0.1) is 10.1 Å². The molecule has 3 aromatic rings. The predicted octanol–water partition coefficient (Wildman–Crippen LogP) is 4.15. The van der Waals surface area contributed by atoms with Gasteiger partial charge in [-0.1, -0.05) is 33.3 Å².